The van der Waals surface area contributed by atoms with Gasteiger partial charge in [0.05, 0.1) is 11.5 Å². The zero-order valence-electron chi connectivity index (χ0n) is 15.8. The van der Waals surface area contributed by atoms with Crippen LogP contribution >= 0.6 is 11.6 Å². The molecular weight excluding hydrogens is 400 g/mol. The Morgan fingerprint density at radius 2 is 1.68 bits per heavy atom. The summed E-state index contributed by atoms with van der Waals surface area (Å²) in [6.07, 6.45) is 2.90. The summed E-state index contributed by atoms with van der Waals surface area (Å²) in [7, 11) is -3.77. The molecule has 0 radical (unpaired) electrons. The van der Waals surface area contributed by atoms with Gasteiger partial charge in [-0.1, -0.05) is 31.4 Å². The first-order chi connectivity index (χ1) is 13.4. The van der Waals surface area contributed by atoms with E-state index in [4.69, 9.17) is 11.6 Å². The highest BCUT2D eigenvalue weighted by Crippen LogP contribution is 2.19. The first-order valence-corrected chi connectivity index (χ1v) is 11.0. The Balaban J connectivity index is 2.11. The molecule has 0 aliphatic rings. The third-order valence-corrected chi connectivity index (χ3v) is 5.85. The fraction of sp³-hybridized carbons (Fsp3) is 0.350. The van der Waals surface area contributed by atoms with Gasteiger partial charge in [-0.3, -0.25) is 9.52 Å². The van der Waals surface area contributed by atoms with Gasteiger partial charge in [-0.05, 0) is 55.0 Å². The van der Waals surface area contributed by atoms with Gasteiger partial charge in [0, 0.05) is 29.4 Å². The summed E-state index contributed by atoms with van der Waals surface area (Å²) in [6, 6.07) is 12.1. The number of aliphatic hydroxyl groups is 1. The molecule has 2 N–H and O–H groups in total. The van der Waals surface area contributed by atoms with Crippen LogP contribution in [0.15, 0.2) is 53.4 Å². The number of halogens is 1. The van der Waals surface area contributed by atoms with E-state index in [0.717, 1.165) is 19.3 Å². The molecule has 2 rings (SSSR count). The number of carbonyl (C=O) groups is 1. The number of anilines is 1. The smallest absolute Gasteiger partial charge is 0.261 e. The maximum absolute atomic E-state index is 12.7. The van der Waals surface area contributed by atoms with Crippen molar-refractivity contribution in [2.75, 3.05) is 24.4 Å². The number of nitrogens with zero attached hydrogens (tertiary/aromatic N) is 1. The van der Waals surface area contributed by atoms with Crippen LogP contribution in [0.4, 0.5) is 5.69 Å². The molecule has 2 aromatic rings. The topological polar surface area (TPSA) is 86.7 Å². The SMILES string of the molecule is CCCCCN(CCO)C(=O)c1ccc(S(=O)(=O)Nc2ccc(Cl)cc2)cc1. The number of carbonyl (C=O) groups excluding carboxylic acids is 1. The first kappa shape index (κ1) is 22.2. The number of sulfonamides is 1. The fourth-order valence-corrected chi connectivity index (χ4v) is 3.86. The van der Waals surface area contributed by atoms with Crippen molar-refractivity contribution in [1.82, 2.24) is 4.90 Å². The van der Waals surface area contributed by atoms with Crippen LogP contribution in [0, 0.1) is 0 Å². The molecular formula is C20H25ClN2O4S. The third kappa shape index (κ3) is 6.22. The van der Waals surface area contributed by atoms with E-state index in [1.165, 1.54) is 24.3 Å². The normalized spacial score (nSPS) is 11.2. The molecule has 0 aliphatic heterocycles. The predicted molar refractivity (Wildman–Crippen MR) is 111 cm³/mol. The van der Waals surface area contributed by atoms with Crippen LogP contribution in [0.3, 0.4) is 0 Å². The first-order valence-electron chi connectivity index (χ1n) is 9.16. The molecule has 0 aliphatic carbocycles. The summed E-state index contributed by atoms with van der Waals surface area (Å²) in [5.74, 6) is -0.222. The second-order valence-corrected chi connectivity index (χ2v) is 8.48. The molecule has 0 heterocycles. The van der Waals surface area contributed by atoms with Crippen LogP contribution in [0.5, 0.6) is 0 Å². The molecule has 152 valence electrons. The van der Waals surface area contributed by atoms with Crippen LogP contribution in [0.25, 0.3) is 0 Å². The number of nitrogens with one attached hydrogen (secondary N) is 1. The predicted octanol–water partition coefficient (Wildman–Crippen LogP) is 3.77. The lowest BCUT2D eigenvalue weighted by Crippen LogP contribution is -2.34. The minimum Gasteiger partial charge on any atom is -0.395 e. The lowest BCUT2D eigenvalue weighted by Gasteiger charge is -2.22. The summed E-state index contributed by atoms with van der Waals surface area (Å²) in [4.78, 5) is 14.3. The zero-order chi connectivity index (χ0) is 20.6. The van der Waals surface area contributed by atoms with Gasteiger partial charge in [-0.2, -0.15) is 0 Å². The van der Waals surface area contributed by atoms with Crippen molar-refractivity contribution >= 4 is 33.2 Å². The number of aliphatic hydroxyl groups excluding tert-OH is 1. The molecule has 8 heteroatoms. The van der Waals surface area contributed by atoms with Gasteiger partial charge in [0.25, 0.3) is 15.9 Å². The average Bonchev–Trinajstić information content (AvgIpc) is 2.68. The van der Waals surface area contributed by atoms with Crippen molar-refractivity contribution in [2.24, 2.45) is 0 Å². The number of hydrogen-bond donors (Lipinski definition) is 2. The second kappa shape index (κ2) is 10.5. The van der Waals surface area contributed by atoms with Crippen molar-refractivity contribution in [1.29, 1.82) is 0 Å². The molecule has 2 aromatic carbocycles. The van der Waals surface area contributed by atoms with E-state index in [9.17, 15) is 18.3 Å². The summed E-state index contributed by atoms with van der Waals surface area (Å²) >= 11 is 5.81. The third-order valence-electron chi connectivity index (χ3n) is 4.20. The molecule has 28 heavy (non-hydrogen) atoms. The quantitative estimate of drug-likeness (QED) is 0.568. The highest BCUT2D eigenvalue weighted by Gasteiger charge is 2.18. The van der Waals surface area contributed by atoms with Gasteiger partial charge in [0.15, 0.2) is 0 Å². The Hall–Kier alpha value is -2.09. The number of unbranched alkanes of at least 4 members (excludes halogenated alkanes) is 2. The minimum atomic E-state index is -3.77. The molecule has 0 bridgehead atoms. The zero-order valence-corrected chi connectivity index (χ0v) is 17.3. The highest BCUT2D eigenvalue weighted by atomic mass is 35.5. The molecule has 0 aromatic heterocycles. The molecule has 0 unspecified atom stereocenters. The van der Waals surface area contributed by atoms with Gasteiger partial charge < -0.3 is 10.0 Å². The van der Waals surface area contributed by atoms with Crippen LogP contribution in [-0.4, -0.2) is 44.0 Å². The van der Waals surface area contributed by atoms with Crippen LogP contribution in [0.1, 0.15) is 36.5 Å². The Bertz CT molecular complexity index is 868. The van der Waals surface area contributed by atoms with E-state index in [-0.39, 0.29) is 24.0 Å². The van der Waals surface area contributed by atoms with Crippen LogP contribution in [-0.2, 0) is 10.0 Å². The Kier molecular flexibility index (Phi) is 8.29. The van der Waals surface area contributed by atoms with E-state index in [1.54, 1.807) is 29.2 Å². The molecule has 0 fully saturated rings. The number of amides is 1. The van der Waals surface area contributed by atoms with Crippen LogP contribution in [0.2, 0.25) is 5.02 Å². The number of hydrogen-bond acceptors (Lipinski definition) is 4. The summed E-state index contributed by atoms with van der Waals surface area (Å²) < 4.78 is 27.5. The van der Waals surface area contributed by atoms with Crippen molar-refractivity contribution in [3.8, 4) is 0 Å². The largest absolute Gasteiger partial charge is 0.395 e. The van der Waals surface area contributed by atoms with Gasteiger partial charge >= 0.3 is 0 Å². The fourth-order valence-electron chi connectivity index (χ4n) is 2.68. The molecule has 0 atom stereocenters. The molecule has 0 spiro atoms. The highest BCUT2D eigenvalue weighted by molar-refractivity contribution is 7.92. The lowest BCUT2D eigenvalue weighted by molar-refractivity contribution is 0.0718. The van der Waals surface area contributed by atoms with E-state index in [0.29, 0.717) is 22.8 Å². The Morgan fingerprint density at radius 3 is 2.25 bits per heavy atom. The van der Waals surface area contributed by atoms with Gasteiger partial charge in [-0.25, -0.2) is 8.42 Å². The maximum atomic E-state index is 12.7. The van der Waals surface area contributed by atoms with E-state index < -0.39 is 10.0 Å². The summed E-state index contributed by atoms with van der Waals surface area (Å²) in [5, 5.41) is 9.72. The summed E-state index contributed by atoms with van der Waals surface area (Å²) in [5.41, 5.74) is 0.782. The lowest BCUT2D eigenvalue weighted by atomic mass is 10.2. The van der Waals surface area contributed by atoms with Gasteiger partial charge in [0.2, 0.25) is 0 Å². The molecule has 0 saturated carbocycles. The van der Waals surface area contributed by atoms with Gasteiger partial charge in [-0.15, -0.1) is 0 Å². The van der Waals surface area contributed by atoms with Crippen molar-refractivity contribution < 1.29 is 18.3 Å². The van der Waals surface area contributed by atoms with Crippen LogP contribution < -0.4 is 4.72 Å². The van der Waals surface area contributed by atoms with Gasteiger partial charge in [0.1, 0.15) is 0 Å². The monoisotopic (exact) mass is 424 g/mol. The Morgan fingerprint density at radius 1 is 1.04 bits per heavy atom. The van der Waals surface area contributed by atoms with E-state index in [1.807, 2.05) is 0 Å². The average molecular weight is 425 g/mol. The maximum Gasteiger partial charge on any atom is 0.261 e. The van der Waals surface area contributed by atoms with E-state index in [2.05, 4.69) is 11.6 Å². The summed E-state index contributed by atoms with van der Waals surface area (Å²) in [6.45, 7) is 2.77. The molecule has 0 saturated heterocycles. The second-order valence-electron chi connectivity index (χ2n) is 6.36. The van der Waals surface area contributed by atoms with E-state index >= 15 is 0 Å². The minimum absolute atomic E-state index is 0.0543. The number of benzene rings is 2. The Labute approximate surface area is 171 Å². The van der Waals surface area contributed by atoms with Crippen molar-refractivity contribution in [3.05, 3.63) is 59.1 Å². The molecule has 1 amide bonds. The van der Waals surface area contributed by atoms with Crippen molar-refractivity contribution in [3.63, 3.8) is 0 Å². The number of rotatable bonds is 10. The standard InChI is InChI=1S/C20H25ClN2O4S/c1-2-3-4-13-23(14-15-24)20(25)16-5-11-19(12-6-16)28(26,27)22-18-9-7-17(21)8-10-18/h5-12,22,24H,2-4,13-15H2,1H3. The van der Waals surface area contributed by atoms with Crippen molar-refractivity contribution in [2.45, 2.75) is 31.1 Å². The molecule has 6 nitrogen and oxygen atoms in total.